The summed E-state index contributed by atoms with van der Waals surface area (Å²) in [5.41, 5.74) is 3.67. The molecule has 0 radical (unpaired) electrons. The van der Waals surface area contributed by atoms with Crippen molar-refractivity contribution in [2.75, 3.05) is 6.54 Å². The number of thiophene rings is 1. The molecule has 3 aromatic rings. The molecule has 0 fully saturated rings. The topological polar surface area (TPSA) is 25.2 Å². The van der Waals surface area contributed by atoms with Gasteiger partial charge in [0.15, 0.2) is 0 Å². The number of benzene rings is 1. The Bertz CT molecular complexity index is 657. The molecule has 0 amide bonds. The molecule has 0 bridgehead atoms. The Morgan fingerprint density at radius 1 is 1.25 bits per heavy atom. The Morgan fingerprint density at radius 3 is 2.95 bits per heavy atom. The van der Waals surface area contributed by atoms with Crippen LogP contribution < -0.4 is 5.32 Å². The van der Waals surface area contributed by atoms with E-state index in [9.17, 15) is 0 Å². The van der Waals surface area contributed by atoms with Gasteiger partial charge in [-0.3, -0.25) is 0 Å². The first-order valence-electron chi connectivity index (χ1n) is 7.09. The van der Waals surface area contributed by atoms with Crippen LogP contribution in [-0.2, 0) is 6.42 Å². The summed E-state index contributed by atoms with van der Waals surface area (Å²) in [6.45, 7) is 3.12. The first-order chi connectivity index (χ1) is 9.88. The van der Waals surface area contributed by atoms with Gasteiger partial charge in [0, 0.05) is 17.0 Å². The maximum absolute atomic E-state index is 5.68. The summed E-state index contributed by atoms with van der Waals surface area (Å²) < 4.78 is 5.68. The van der Waals surface area contributed by atoms with Crippen LogP contribution in [0.25, 0.3) is 11.0 Å². The van der Waals surface area contributed by atoms with Crippen LogP contribution in [0.1, 0.15) is 30.5 Å². The highest BCUT2D eigenvalue weighted by atomic mass is 32.1. The molecular weight excluding hydrogens is 266 g/mol. The monoisotopic (exact) mass is 285 g/mol. The van der Waals surface area contributed by atoms with Gasteiger partial charge in [-0.05, 0) is 47.8 Å². The van der Waals surface area contributed by atoms with E-state index in [1.54, 1.807) is 11.3 Å². The molecule has 1 aromatic carbocycles. The highest BCUT2D eigenvalue weighted by molar-refractivity contribution is 7.07. The van der Waals surface area contributed by atoms with Crippen LogP contribution in [0, 0.1) is 0 Å². The molecule has 0 aliphatic heterocycles. The Balaban J connectivity index is 1.82. The average molecular weight is 285 g/mol. The zero-order valence-corrected chi connectivity index (χ0v) is 12.5. The highest BCUT2D eigenvalue weighted by Crippen LogP contribution is 2.29. The third-order valence-electron chi connectivity index (χ3n) is 3.64. The lowest BCUT2D eigenvalue weighted by Crippen LogP contribution is -2.21. The quantitative estimate of drug-likeness (QED) is 0.705. The Morgan fingerprint density at radius 2 is 2.15 bits per heavy atom. The standard InChI is InChI=1S/C17H19NOS/c1-2-18-16(8-7-13-9-10-20-12-13)15-11-19-17-6-4-3-5-14(15)17/h3-6,9-12,16,18H,2,7-8H2,1H3. The Hall–Kier alpha value is -1.58. The van der Waals surface area contributed by atoms with Crippen molar-refractivity contribution in [2.24, 2.45) is 0 Å². The molecule has 1 unspecified atom stereocenters. The van der Waals surface area contributed by atoms with Crippen LogP contribution in [-0.4, -0.2) is 6.54 Å². The molecule has 3 heteroatoms. The third kappa shape index (κ3) is 2.79. The van der Waals surface area contributed by atoms with Crippen LogP contribution in [0.15, 0.2) is 51.8 Å². The number of fused-ring (bicyclic) bond motifs is 1. The van der Waals surface area contributed by atoms with E-state index in [0.717, 1.165) is 25.0 Å². The Kier molecular flexibility index (Phi) is 4.19. The van der Waals surface area contributed by atoms with Crippen LogP contribution in [0.2, 0.25) is 0 Å². The van der Waals surface area contributed by atoms with E-state index in [-0.39, 0.29) is 0 Å². The summed E-state index contributed by atoms with van der Waals surface area (Å²) in [5, 5.41) is 9.19. The van der Waals surface area contributed by atoms with Gasteiger partial charge < -0.3 is 9.73 Å². The number of rotatable bonds is 6. The van der Waals surface area contributed by atoms with Crippen LogP contribution in [0.4, 0.5) is 0 Å². The zero-order chi connectivity index (χ0) is 13.8. The van der Waals surface area contributed by atoms with Crippen LogP contribution in [0.5, 0.6) is 0 Å². The van der Waals surface area contributed by atoms with Gasteiger partial charge in [0.2, 0.25) is 0 Å². The van der Waals surface area contributed by atoms with Crippen LogP contribution >= 0.6 is 11.3 Å². The van der Waals surface area contributed by atoms with E-state index in [1.807, 2.05) is 18.4 Å². The number of hydrogen-bond donors (Lipinski definition) is 1. The maximum Gasteiger partial charge on any atom is 0.134 e. The second-order valence-corrected chi connectivity index (χ2v) is 5.75. The molecule has 2 heterocycles. The highest BCUT2D eigenvalue weighted by Gasteiger charge is 2.16. The zero-order valence-electron chi connectivity index (χ0n) is 11.6. The van der Waals surface area contributed by atoms with Gasteiger partial charge in [-0.15, -0.1) is 0 Å². The molecular formula is C17H19NOS. The molecule has 0 saturated heterocycles. The van der Waals surface area contributed by atoms with E-state index < -0.39 is 0 Å². The van der Waals surface area contributed by atoms with Crippen LogP contribution in [0.3, 0.4) is 0 Å². The van der Waals surface area contributed by atoms with Gasteiger partial charge in [-0.1, -0.05) is 25.1 Å². The fourth-order valence-corrected chi connectivity index (χ4v) is 3.33. The third-order valence-corrected chi connectivity index (χ3v) is 4.37. The summed E-state index contributed by atoms with van der Waals surface area (Å²) >= 11 is 1.77. The molecule has 0 spiro atoms. The fraction of sp³-hybridized carbons (Fsp3) is 0.294. The average Bonchev–Trinajstić information content (AvgIpc) is 3.13. The van der Waals surface area contributed by atoms with Crippen molar-refractivity contribution in [3.8, 4) is 0 Å². The number of para-hydroxylation sites is 1. The van der Waals surface area contributed by atoms with Gasteiger partial charge >= 0.3 is 0 Å². The summed E-state index contributed by atoms with van der Waals surface area (Å²) in [6.07, 6.45) is 4.10. The smallest absolute Gasteiger partial charge is 0.134 e. The van der Waals surface area contributed by atoms with Gasteiger partial charge in [0.05, 0.1) is 6.26 Å². The molecule has 104 valence electrons. The molecule has 0 aliphatic rings. The van der Waals surface area contributed by atoms with Crippen molar-refractivity contribution in [2.45, 2.75) is 25.8 Å². The summed E-state index contributed by atoms with van der Waals surface area (Å²) in [7, 11) is 0. The predicted octanol–water partition coefficient (Wildman–Crippen LogP) is 4.78. The predicted molar refractivity (Wildman–Crippen MR) is 85.3 cm³/mol. The summed E-state index contributed by atoms with van der Waals surface area (Å²) in [4.78, 5) is 0. The second kappa shape index (κ2) is 6.25. The van der Waals surface area contributed by atoms with Gasteiger partial charge in [-0.2, -0.15) is 11.3 Å². The fourth-order valence-electron chi connectivity index (χ4n) is 2.63. The van der Waals surface area contributed by atoms with E-state index in [2.05, 4.69) is 41.2 Å². The minimum Gasteiger partial charge on any atom is -0.464 e. The molecule has 20 heavy (non-hydrogen) atoms. The minimum absolute atomic E-state index is 0.351. The lowest BCUT2D eigenvalue weighted by molar-refractivity contribution is 0.507. The summed E-state index contributed by atoms with van der Waals surface area (Å²) in [5.74, 6) is 0. The lowest BCUT2D eigenvalue weighted by Gasteiger charge is -2.16. The molecule has 0 aliphatic carbocycles. The van der Waals surface area contributed by atoms with Crippen molar-refractivity contribution >= 4 is 22.3 Å². The number of furan rings is 1. The molecule has 3 rings (SSSR count). The molecule has 2 aromatic heterocycles. The largest absolute Gasteiger partial charge is 0.464 e. The van der Waals surface area contributed by atoms with E-state index in [4.69, 9.17) is 4.42 Å². The summed E-state index contributed by atoms with van der Waals surface area (Å²) in [6, 6.07) is 10.8. The Labute approximate surface area is 123 Å². The first kappa shape index (κ1) is 13.4. The molecule has 0 saturated carbocycles. The number of nitrogens with one attached hydrogen (secondary N) is 1. The van der Waals surface area contributed by atoms with Crippen molar-refractivity contribution in [1.82, 2.24) is 5.32 Å². The minimum atomic E-state index is 0.351. The van der Waals surface area contributed by atoms with E-state index >= 15 is 0 Å². The van der Waals surface area contributed by atoms with E-state index in [0.29, 0.717) is 6.04 Å². The van der Waals surface area contributed by atoms with Crippen molar-refractivity contribution in [3.05, 3.63) is 58.5 Å². The van der Waals surface area contributed by atoms with Gasteiger partial charge in [-0.25, -0.2) is 0 Å². The lowest BCUT2D eigenvalue weighted by atomic mass is 9.99. The van der Waals surface area contributed by atoms with Gasteiger partial charge in [0.1, 0.15) is 5.58 Å². The molecule has 1 atom stereocenters. The normalized spacial score (nSPS) is 12.8. The van der Waals surface area contributed by atoms with Crippen molar-refractivity contribution < 1.29 is 4.42 Å². The first-order valence-corrected chi connectivity index (χ1v) is 8.03. The number of hydrogen-bond acceptors (Lipinski definition) is 3. The SMILES string of the molecule is CCNC(CCc1ccsc1)c1coc2ccccc12. The van der Waals surface area contributed by atoms with Crippen molar-refractivity contribution in [1.29, 1.82) is 0 Å². The second-order valence-electron chi connectivity index (χ2n) is 4.97. The molecule has 2 nitrogen and oxygen atoms in total. The van der Waals surface area contributed by atoms with E-state index in [1.165, 1.54) is 16.5 Å². The molecule has 1 N–H and O–H groups in total. The van der Waals surface area contributed by atoms with Gasteiger partial charge in [0.25, 0.3) is 0 Å². The van der Waals surface area contributed by atoms with Crippen molar-refractivity contribution in [3.63, 3.8) is 0 Å². The maximum atomic E-state index is 5.68. The number of aryl methyl sites for hydroxylation is 1.